The first-order valence-corrected chi connectivity index (χ1v) is 8.21. The first kappa shape index (κ1) is 15.3. The van der Waals surface area contributed by atoms with E-state index in [1.807, 2.05) is 0 Å². The SMILES string of the molecule is Cc1cccc(CCC(C)NCCC2=CCCCC2)c1. The molecular weight excluding hydrogens is 242 g/mol. The molecule has 1 aromatic carbocycles. The largest absolute Gasteiger partial charge is 0.314 e. The van der Waals surface area contributed by atoms with Crippen molar-refractivity contribution >= 4 is 0 Å². The topological polar surface area (TPSA) is 12.0 Å². The molecule has 20 heavy (non-hydrogen) atoms. The fourth-order valence-electron chi connectivity index (χ4n) is 2.96. The molecule has 1 unspecified atom stereocenters. The molecule has 1 aliphatic carbocycles. The average Bonchev–Trinajstić information content (AvgIpc) is 2.46. The Morgan fingerprint density at radius 3 is 2.85 bits per heavy atom. The molecule has 1 aliphatic rings. The summed E-state index contributed by atoms with van der Waals surface area (Å²) in [4.78, 5) is 0. The molecule has 1 aromatic rings. The minimum absolute atomic E-state index is 0.611. The fourth-order valence-corrected chi connectivity index (χ4v) is 2.96. The Morgan fingerprint density at radius 1 is 1.20 bits per heavy atom. The van der Waals surface area contributed by atoms with Crippen molar-refractivity contribution in [1.29, 1.82) is 0 Å². The Labute approximate surface area is 124 Å². The Hall–Kier alpha value is -1.08. The molecule has 0 bridgehead atoms. The number of hydrogen-bond donors (Lipinski definition) is 1. The Bertz CT molecular complexity index is 433. The Morgan fingerprint density at radius 2 is 2.10 bits per heavy atom. The first-order valence-electron chi connectivity index (χ1n) is 8.21. The van der Waals surface area contributed by atoms with Gasteiger partial charge in [-0.25, -0.2) is 0 Å². The zero-order chi connectivity index (χ0) is 14.2. The van der Waals surface area contributed by atoms with Crippen LogP contribution in [0.25, 0.3) is 0 Å². The van der Waals surface area contributed by atoms with Crippen LogP contribution in [0.5, 0.6) is 0 Å². The van der Waals surface area contributed by atoms with E-state index in [0.717, 1.165) is 6.54 Å². The Balaban J connectivity index is 1.62. The predicted molar refractivity (Wildman–Crippen MR) is 88.1 cm³/mol. The number of aryl methyl sites for hydroxylation is 2. The maximum atomic E-state index is 3.67. The molecule has 0 heterocycles. The number of allylic oxidation sites excluding steroid dienone is 1. The summed E-state index contributed by atoms with van der Waals surface area (Å²) in [6.45, 7) is 5.62. The van der Waals surface area contributed by atoms with Gasteiger partial charge in [0.1, 0.15) is 0 Å². The van der Waals surface area contributed by atoms with Gasteiger partial charge in [-0.3, -0.25) is 0 Å². The third kappa shape index (κ3) is 5.50. The molecule has 0 saturated heterocycles. The predicted octanol–water partition coefficient (Wildman–Crippen LogP) is 4.80. The van der Waals surface area contributed by atoms with Gasteiger partial charge in [0.15, 0.2) is 0 Å². The summed E-state index contributed by atoms with van der Waals surface area (Å²) in [5, 5.41) is 3.67. The lowest BCUT2D eigenvalue weighted by Crippen LogP contribution is -2.27. The van der Waals surface area contributed by atoms with Gasteiger partial charge in [-0.2, -0.15) is 0 Å². The molecule has 1 N–H and O–H groups in total. The molecule has 0 radical (unpaired) electrons. The molecule has 0 saturated carbocycles. The highest BCUT2D eigenvalue weighted by Crippen LogP contribution is 2.19. The lowest BCUT2D eigenvalue weighted by atomic mass is 9.97. The van der Waals surface area contributed by atoms with E-state index in [0.29, 0.717) is 6.04 Å². The highest BCUT2D eigenvalue weighted by atomic mass is 14.9. The number of nitrogens with one attached hydrogen (secondary N) is 1. The smallest absolute Gasteiger partial charge is 0.00420 e. The molecule has 1 nitrogen and oxygen atoms in total. The van der Waals surface area contributed by atoms with Crippen molar-refractivity contribution in [1.82, 2.24) is 5.32 Å². The van der Waals surface area contributed by atoms with Crippen molar-refractivity contribution in [3.63, 3.8) is 0 Å². The van der Waals surface area contributed by atoms with Crippen LogP contribution in [0.4, 0.5) is 0 Å². The summed E-state index contributed by atoms with van der Waals surface area (Å²) < 4.78 is 0. The van der Waals surface area contributed by atoms with Crippen LogP contribution in [0.1, 0.15) is 56.6 Å². The summed E-state index contributed by atoms with van der Waals surface area (Å²) >= 11 is 0. The summed E-state index contributed by atoms with van der Waals surface area (Å²) in [5.74, 6) is 0. The van der Waals surface area contributed by atoms with E-state index in [4.69, 9.17) is 0 Å². The molecule has 1 atom stereocenters. The zero-order valence-electron chi connectivity index (χ0n) is 13.1. The maximum Gasteiger partial charge on any atom is 0.00420 e. The van der Waals surface area contributed by atoms with Crippen LogP contribution in [0.2, 0.25) is 0 Å². The van der Waals surface area contributed by atoms with E-state index in [1.165, 1.54) is 56.1 Å². The number of benzene rings is 1. The van der Waals surface area contributed by atoms with Crippen molar-refractivity contribution in [3.05, 3.63) is 47.0 Å². The highest BCUT2D eigenvalue weighted by Gasteiger charge is 2.05. The van der Waals surface area contributed by atoms with Gasteiger partial charge in [0, 0.05) is 6.04 Å². The Kier molecular flexibility index (Phi) is 6.32. The van der Waals surface area contributed by atoms with Crippen molar-refractivity contribution in [2.75, 3.05) is 6.54 Å². The molecule has 0 fully saturated rings. The van der Waals surface area contributed by atoms with Crippen molar-refractivity contribution in [3.8, 4) is 0 Å². The molecule has 0 amide bonds. The van der Waals surface area contributed by atoms with E-state index >= 15 is 0 Å². The van der Waals surface area contributed by atoms with E-state index < -0.39 is 0 Å². The van der Waals surface area contributed by atoms with E-state index in [9.17, 15) is 0 Å². The van der Waals surface area contributed by atoms with Gasteiger partial charge in [-0.15, -0.1) is 0 Å². The van der Waals surface area contributed by atoms with Crippen LogP contribution in [-0.2, 0) is 6.42 Å². The molecule has 110 valence electrons. The fraction of sp³-hybridized carbons (Fsp3) is 0.579. The highest BCUT2D eigenvalue weighted by molar-refractivity contribution is 5.22. The van der Waals surface area contributed by atoms with Crippen LogP contribution in [-0.4, -0.2) is 12.6 Å². The lowest BCUT2D eigenvalue weighted by Gasteiger charge is -2.16. The first-order chi connectivity index (χ1) is 9.74. The van der Waals surface area contributed by atoms with Crippen LogP contribution >= 0.6 is 0 Å². The van der Waals surface area contributed by atoms with Gasteiger partial charge in [-0.1, -0.05) is 41.5 Å². The summed E-state index contributed by atoms with van der Waals surface area (Å²) in [7, 11) is 0. The quantitative estimate of drug-likeness (QED) is 0.703. The van der Waals surface area contributed by atoms with Gasteiger partial charge >= 0.3 is 0 Å². The minimum atomic E-state index is 0.611. The van der Waals surface area contributed by atoms with Crippen LogP contribution in [0.3, 0.4) is 0 Å². The number of hydrogen-bond acceptors (Lipinski definition) is 1. The number of rotatable bonds is 7. The van der Waals surface area contributed by atoms with Crippen molar-refractivity contribution in [2.24, 2.45) is 0 Å². The van der Waals surface area contributed by atoms with Gasteiger partial charge in [0.05, 0.1) is 0 Å². The normalized spacial score (nSPS) is 16.8. The lowest BCUT2D eigenvalue weighted by molar-refractivity contribution is 0.511. The molecule has 1 heteroatoms. The second kappa shape index (κ2) is 8.26. The van der Waals surface area contributed by atoms with Gasteiger partial charge in [0.2, 0.25) is 0 Å². The average molecular weight is 271 g/mol. The molecule has 0 aromatic heterocycles. The molecule has 0 spiro atoms. The standard InChI is InChI=1S/C19H29N/c1-16-7-6-10-19(15-16)12-11-17(2)20-14-13-18-8-4-3-5-9-18/h6-8,10,15,17,20H,3-5,9,11-14H2,1-2H3. The maximum absolute atomic E-state index is 3.67. The molecular formula is C19H29N. The second-order valence-corrected chi connectivity index (χ2v) is 6.24. The molecule has 0 aliphatic heterocycles. The van der Waals surface area contributed by atoms with Crippen molar-refractivity contribution < 1.29 is 0 Å². The van der Waals surface area contributed by atoms with Crippen LogP contribution < -0.4 is 5.32 Å². The van der Waals surface area contributed by atoms with Crippen molar-refractivity contribution in [2.45, 2.75) is 64.8 Å². The van der Waals surface area contributed by atoms with E-state index in [2.05, 4.69) is 49.5 Å². The van der Waals surface area contributed by atoms with Gasteiger partial charge in [0.25, 0.3) is 0 Å². The van der Waals surface area contributed by atoms with E-state index in [1.54, 1.807) is 5.57 Å². The van der Waals surface area contributed by atoms with E-state index in [-0.39, 0.29) is 0 Å². The molecule has 2 rings (SSSR count). The summed E-state index contributed by atoms with van der Waals surface area (Å²) in [5.41, 5.74) is 4.51. The van der Waals surface area contributed by atoms with Crippen LogP contribution in [0.15, 0.2) is 35.9 Å². The third-order valence-corrected chi connectivity index (χ3v) is 4.27. The summed E-state index contributed by atoms with van der Waals surface area (Å²) in [6.07, 6.45) is 11.5. The monoisotopic (exact) mass is 271 g/mol. The van der Waals surface area contributed by atoms with Crippen LogP contribution in [0, 0.1) is 6.92 Å². The van der Waals surface area contributed by atoms with Gasteiger partial charge in [-0.05, 0) is 70.9 Å². The van der Waals surface area contributed by atoms with Gasteiger partial charge < -0.3 is 5.32 Å². The third-order valence-electron chi connectivity index (χ3n) is 4.27. The second-order valence-electron chi connectivity index (χ2n) is 6.24. The summed E-state index contributed by atoms with van der Waals surface area (Å²) in [6, 6.07) is 9.49. The minimum Gasteiger partial charge on any atom is -0.314 e. The zero-order valence-corrected chi connectivity index (χ0v) is 13.1.